The normalized spacial score (nSPS) is 17.0. The Hall–Kier alpha value is -5.75. The standard InChI is InChI=1S/C44H54N6O6/c1-8-55-38-15-10-30-21-28(5)48-42(52)29(6)49-44(54)41(33-12-16-39(56-18-17-45)36(23-33)35(38)22-30)50(7)40(51)25-47-43(53)34-13-11-32(20-27(34)4)37-14-9-31(24-46-37)19-26(2)3/h9-16,20,22-24,26,28-29,41H,8,17-19,21,25,45H2,1-7H3,(H,47,53)(H,48,52)(H,49,54)/t28?,29-,41?/m0/s1. The van der Waals surface area contributed by atoms with Crippen LogP contribution in [0, 0.1) is 12.8 Å². The Labute approximate surface area is 329 Å². The molecule has 296 valence electrons. The maximum Gasteiger partial charge on any atom is 0.251 e. The van der Waals surface area contributed by atoms with E-state index in [1.165, 1.54) is 17.5 Å². The molecule has 0 spiro atoms. The van der Waals surface area contributed by atoms with Gasteiger partial charge >= 0.3 is 0 Å². The Bertz CT molecular complexity index is 2050. The number of hydrogen-bond donors (Lipinski definition) is 4. The summed E-state index contributed by atoms with van der Waals surface area (Å²) in [5, 5.41) is 8.53. The molecule has 4 amide bonds. The molecule has 0 fully saturated rings. The quantitative estimate of drug-likeness (QED) is 0.154. The molecule has 0 radical (unpaired) electrons. The van der Waals surface area contributed by atoms with Gasteiger partial charge in [-0.25, -0.2) is 0 Å². The van der Waals surface area contributed by atoms with Crippen LogP contribution >= 0.6 is 0 Å². The first-order valence-electron chi connectivity index (χ1n) is 19.2. The van der Waals surface area contributed by atoms with Crippen LogP contribution < -0.4 is 31.2 Å². The Morgan fingerprint density at radius 2 is 1.68 bits per heavy atom. The van der Waals surface area contributed by atoms with Crippen LogP contribution in [-0.2, 0) is 27.2 Å². The van der Waals surface area contributed by atoms with Gasteiger partial charge in [-0.05, 0) is 111 Å². The molecule has 5 N–H and O–H groups in total. The number of carbonyl (C=O) groups excluding carboxylic acids is 4. The van der Waals surface area contributed by atoms with Gasteiger partial charge in [-0.1, -0.05) is 38.1 Å². The van der Waals surface area contributed by atoms with Crippen molar-refractivity contribution in [3.8, 4) is 33.9 Å². The number of amides is 4. The van der Waals surface area contributed by atoms with Gasteiger partial charge in [0.15, 0.2) is 0 Å². The van der Waals surface area contributed by atoms with Gasteiger partial charge < -0.3 is 36.1 Å². The molecule has 4 aromatic rings. The first-order chi connectivity index (χ1) is 26.8. The minimum absolute atomic E-state index is 0.253. The summed E-state index contributed by atoms with van der Waals surface area (Å²) in [5.74, 6) is -0.223. The fourth-order valence-corrected chi connectivity index (χ4v) is 6.89. The second-order valence-electron chi connectivity index (χ2n) is 14.8. The molecule has 12 nitrogen and oxygen atoms in total. The summed E-state index contributed by atoms with van der Waals surface area (Å²) in [7, 11) is 1.50. The summed E-state index contributed by atoms with van der Waals surface area (Å²) >= 11 is 0. The number of nitrogens with zero attached hydrogens (tertiary/aromatic N) is 2. The smallest absolute Gasteiger partial charge is 0.251 e. The van der Waals surface area contributed by atoms with E-state index in [0.717, 1.165) is 34.4 Å². The highest BCUT2D eigenvalue weighted by Gasteiger charge is 2.32. The second kappa shape index (κ2) is 18.7. The lowest BCUT2D eigenvalue weighted by Gasteiger charge is -2.30. The summed E-state index contributed by atoms with van der Waals surface area (Å²) in [6.45, 7) is 12.1. The molecule has 1 aliphatic rings. The van der Waals surface area contributed by atoms with E-state index in [4.69, 9.17) is 15.2 Å². The van der Waals surface area contributed by atoms with E-state index in [1.54, 1.807) is 31.2 Å². The largest absolute Gasteiger partial charge is 0.493 e. The molecule has 56 heavy (non-hydrogen) atoms. The van der Waals surface area contributed by atoms with Gasteiger partial charge in [0, 0.05) is 48.1 Å². The number of aromatic nitrogens is 1. The maximum absolute atomic E-state index is 14.1. The molecule has 12 heteroatoms. The Balaban J connectivity index is 1.44. The highest BCUT2D eigenvalue weighted by Crippen LogP contribution is 2.40. The van der Waals surface area contributed by atoms with Crippen LogP contribution in [0.1, 0.15) is 73.3 Å². The molecule has 1 aliphatic heterocycles. The lowest BCUT2D eigenvalue weighted by molar-refractivity contribution is -0.139. The monoisotopic (exact) mass is 762 g/mol. The Morgan fingerprint density at radius 3 is 2.36 bits per heavy atom. The number of aryl methyl sites for hydroxylation is 1. The lowest BCUT2D eigenvalue weighted by Crippen LogP contribution is -2.52. The van der Waals surface area contributed by atoms with Gasteiger partial charge in [-0.3, -0.25) is 24.2 Å². The van der Waals surface area contributed by atoms with Crippen LogP contribution in [0.25, 0.3) is 22.4 Å². The van der Waals surface area contributed by atoms with Crippen molar-refractivity contribution in [2.75, 3.05) is 33.4 Å². The van der Waals surface area contributed by atoms with E-state index in [2.05, 4.69) is 40.8 Å². The molecule has 3 atom stereocenters. The van der Waals surface area contributed by atoms with Crippen LogP contribution in [0.15, 0.2) is 72.9 Å². The number of likely N-dealkylation sites (N-methyl/N-ethyl adjacent to an activating group) is 1. The fraction of sp³-hybridized carbons (Fsp3) is 0.386. The van der Waals surface area contributed by atoms with Crippen LogP contribution in [-0.4, -0.2) is 78.9 Å². The number of fused-ring (bicyclic) bond motifs is 5. The summed E-state index contributed by atoms with van der Waals surface area (Å²) in [6, 6.07) is 18.3. The molecule has 4 bridgehead atoms. The third-order valence-corrected chi connectivity index (χ3v) is 9.68. The van der Waals surface area contributed by atoms with E-state index < -0.39 is 29.8 Å². The van der Waals surface area contributed by atoms with E-state index in [0.29, 0.717) is 47.1 Å². The summed E-state index contributed by atoms with van der Waals surface area (Å²) < 4.78 is 12.1. The number of nitrogens with one attached hydrogen (secondary N) is 3. The van der Waals surface area contributed by atoms with E-state index in [9.17, 15) is 19.2 Å². The van der Waals surface area contributed by atoms with Crippen molar-refractivity contribution in [1.29, 1.82) is 0 Å². The highest BCUT2D eigenvalue weighted by atomic mass is 16.5. The number of ether oxygens (including phenoxy) is 2. The van der Waals surface area contributed by atoms with Crippen LogP contribution in [0.5, 0.6) is 11.5 Å². The number of carbonyl (C=O) groups is 4. The first-order valence-corrected chi connectivity index (χ1v) is 19.2. The van der Waals surface area contributed by atoms with Crippen molar-refractivity contribution in [2.45, 2.75) is 72.5 Å². The van der Waals surface area contributed by atoms with Gasteiger partial charge in [0.05, 0.1) is 18.8 Å². The van der Waals surface area contributed by atoms with Gasteiger partial charge in [0.2, 0.25) is 17.7 Å². The lowest BCUT2D eigenvalue weighted by atomic mass is 9.94. The molecule has 2 heterocycles. The minimum atomic E-state index is -1.18. The summed E-state index contributed by atoms with van der Waals surface area (Å²) in [4.78, 5) is 60.6. The number of benzene rings is 3. The zero-order valence-electron chi connectivity index (χ0n) is 33.4. The van der Waals surface area contributed by atoms with Crippen molar-refractivity contribution in [3.63, 3.8) is 0 Å². The third kappa shape index (κ3) is 10.1. The van der Waals surface area contributed by atoms with Crippen molar-refractivity contribution < 1.29 is 28.7 Å². The van der Waals surface area contributed by atoms with Crippen molar-refractivity contribution >= 4 is 23.6 Å². The minimum Gasteiger partial charge on any atom is -0.493 e. The van der Waals surface area contributed by atoms with Crippen LogP contribution in [0.3, 0.4) is 0 Å². The molecular formula is C44H54N6O6. The molecule has 1 aromatic heterocycles. The predicted molar refractivity (Wildman–Crippen MR) is 217 cm³/mol. The molecule has 2 unspecified atom stereocenters. The van der Waals surface area contributed by atoms with E-state index in [-0.39, 0.29) is 31.6 Å². The number of hydrogen-bond acceptors (Lipinski definition) is 8. The molecule has 3 aromatic carbocycles. The molecule has 0 saturated heterocycles. The number of rotatable bonds is 12. The zero-order valence-corrected chi connectivity index (χ0v) is 33.4. The molecule has 5 rings (SSSR count). The van der Waals surface area contributed by atoms with Gasteiger partial charge in [0.1, 0.15) is 30.2 Å². The zero-order chi connectivity index (χ0) is 40.5. The number of pyridine rings is 1. The fourth-order valence-electron chi connectivity index (χ4n) is 6.89. The first kappa shape index (κ1) is 41.4. The van der Waals surface area contributed by atoms with Crippen molar-refractivity contribution in [1.82, 2.24) is 25.8 Å². The van der Waals surface area contributed by atoms with Crippen molar-refractivity contribution in [2.24, 2.45) is 11.7 Å². The third-order valence-electron chi connectivity index (χ3n) is 9.68. The highest BCUT2D eigenvalue weighted by molar-refractivity contribution is 5.99. The Kier molecular flexibility index (Phi) is 13.8. The van der Waals surface area contributed by atoms with E-state index in [1.807, 2.05) is 63.4 Å². The average molecular weight is 763 g/mol. The average Bonchev–Trinajstić information content (AvgIpc) is 3.16. The number of nitrogens with two attached hydrogens (primary N) is 1. The summed E-state index contributed by atoms with van der Waals surface area (Å²) in [6.07, 6.45) is 3.36. The predicted octanol–water partition coefficient (Wildman–Crippen LogP) is 5.15. The van der Waals surface area contributed by atoms with E-state index >= 15 is 0 Å². The second-order valence-corrected chi connectivity index (χ2v) is 14.8. The van der Waals surface area contributed by atoms with Gasteiger partial charge in [0.25, 0.3) is 5.91 Å². The van der Waals surface area contributed by atoms with Crippen LogP contribution in [0.4, 0.5) is 0 Å². The maximum atomic E-state index is 14.1. The molecular weight excluding hydrogens is 709 g/mol. The molecule has 0 saturated carbocycles. The Morgan fingerprint density at radius 1 is 0.946 bits per heavy atom. The summed E-state index contributed by atoms with van der Waals surface area (Å²) in [5.41, 5.74) is 12.6. The van der Waals surface area contributed by atoms with Crippen LogP contribution in [0.2, 0.25) is 0 Å². The topological polar surface area (TPSA) is 165 Å². The van der Waals surface area contributed by atoms with Gasteiger partial charge in [-0.2, -0.15) is 0 Å². The molecule has 0 aliphatic carbocycles. The van der Waals surface area contributed by atoms with Crippen molar-refractivity contribution in [3.05, 3.63) is 101 Å². The SMILES string of the molecule is CCOc1ccc2cc1-c1cc(ccc1OCCN)C(N(C)C(=O)CNC(=O)c1ccc(-c3ccc(CC(C)C)cn3)cc1C)C(=O)N[C@@H](C)C(=O)NC(C)C2. The van der Waals surface area contributed by atoms with Gasteiger partial charge in [-0.15, -0.1) is 0 Å².